The van der Waals surface area contributed by atoms with Crippen molar-refractivity contribution in [1.82, 2.24) is 10.6 Å². The highest BCUT2D eigenvalue weighted by atomic mass is 16.5. The van der Waals surface area contributed by atoms with E-state index in [1.165, 1.54) is 0 Å². The SMILES string of the molecule is COCCCNC(=O)NCc1ccc2c(c1)N(C(=O)c1ccccc1)CC2. The number of methoxy groups -OCH3 is 1. The molecule has 27 heavy (non-hydrogen) atoms. The summed E-state index contributed by atoms with van der Waals surface area (Å²) in [6.45, 7) is 2.29. The van der Waals surface area contributed by atoms with Gasteiger partial charge in [-0.1, -0.05) is 30.3 Å². The van der Waals surface area contributed by atoms with Crippen molar-refractivity contribution in [2.75, 3.05) is 31.7 Å². The maximum atomic E-state index is 12.8. The van der Waals surface area contributed by atoms with Crippen LogP contribution in [0.25, 0.3) is 0 Å². The number of carbonyl (C=O) groups is 2. The molecule has 0 saturated heterocycles. The number of benzene rings is 2. The number of hydrogen-bond acceptors (Lipinski definition) is 3. The van der Waals surface area contributed by atoms with Crippen molar-refractivity contribution in [3.63, 3.8) is 0 Å². The van der Waals surface area contributed by atoms with Crippen molar-refractivity contribution in [3.8, 4) is 0 Å². The van der Waals surface area contributed by atoms with Crippen LogP contribution in [0.4, 0.5) is 10.5 Å². The lowest BCUT2D eigenvalue weighted by atomic mass is 10.1. The minimum atomic E-state index is -0.205. The van der Waals surface area contributed by atoms with E-state index in [1.807, 2.05) is 53.4 Å². The van der Waals surface area contributed by atoms with Gasteiger partial charge in [0.1, 0.15) is 0 Å². The van der Waals surface area contributed by atoms with E-state index < -0.39 is 0 Å². The van der Waals surface area contributed by atoms with Gasteiger partial charge >= 0.3 is 6.03 Å². The standard InChI is InChI=1S/C21H25N3O3/c1-27-13-5-11-22-21(26)23-15-16-8-9-17-10-12-24(19(17)14-16)20(25)18-6-3-2-4-7-18/h2-4,6-9,14H,5,10-13,15H2,1H3,(H2,22,23,26). The first-order chi connectivity index (χ1) is 13.2. The molecule has 0 aromatic heterocycles. The minimum Gasteiger partial charge on any atom is -0.385 e. The van der Waals surface area contributed by atoms with Crippen LogP contribution in [0.2, 0.25) is 0 Å². The van der Waals surface area contributed by atoms with Gasteiger partial charge in [0.05, 0.1) is 0 Å². The number of urea groups is 1. The molecule has 0 fully saturated rings. The average Bonchev–Trinajstić information content (AvgIpc) is 3.13. The van der Waals surface area contributed by atoms with Gasteiger partial charge in [-0.2, -0.15) is 0 Å². The Morgan fingerprint density at radius 1 is 1.11 bits per heavy atom. The maximum absolute atomic E-state index is 12.8. The zero-order valence-corrected chi connectivity index (χ0v) is 15.5. The topological polar surface area (TPSA) is 70.7 Å². The summed E-state index contributed by atoms with van der Waals surface area (Å²) in [7, 11) is 1.64. The predicted octanol–water partition coefficient (Wildman–Crippen LogP) is 2.73. The Hall–Kier alpha value is -2.86. The molecule has 0 saturated carbocycles. The zero-order valence-electron chi connectivity index (χ0n) is 15.5. The van der Waals surface area contributed by atoms with Crippen molar-refractivity contribution < 1.29 is 14.3 Å². The summed E-state index contributed by atoms with van der Waals surface area (Å²) in [4.78, 5) is 26.5. The highest BCUT2D eigenvalue weighted by Gasteiger charge is 2.25. The second kappa shape index (κ2) is 9.19. The van der Waals surface area contributed by atoms with Gasteiger partial charge in [-0.15, -0.1) is 0 Å². The molecule has 1 aliphatic rings. The molecule has 142 valence electrons. The van der Waals surface area contributed by atoms with E-state index in [4.69, 9.17) is 4.74 Å². The van der Waals surface area contributed by atoms with Gasteiger partial charge in [-0.25, -0.2) is 4.79 Å². The van der Waals surface area contributed by atoms with Crippen LogP contribution in [0.15, 0.2) is 48.5 Å². The van der Waals surface area contributed by atoms with Crippen molar-refractivity contribution in [2.24, 2.45) is 0 Å². The van der Waals surface area contributed by atoms with E-state index in [0.29, 0.717) is 31.8 Å². The van der Waals surface area contributed by atoms with Crippen LogP contribution in [-0.4, -0.2) is 38.7 Å². The molecular weight excluding hydrogens is 342 g/mol. The van der Waals surface area contributed by atoms with Crippen molar-refractivity contribution in [3.05, 3.63) is 65.2 Å². The summed E-state index contributed by atoms with van der Waals surface area (Å²) in [6.07, 6.45) is 1.63. The minimum absolute atomic E-state index is 0.00958. The van der Waals surface area contributed by atoms with Crippen LogP contribution in [0, 0.1) is 0 Å². The number of ether oxygens (including phenoxy) is 1. The predicted molar refractivity (Wildman–Crippen MR) is 105 cm³/mol. The molecule has 2 aromatic rings. The monoisotopic (exact) mass is 367 g/mol. The molecule has 3 amide bonds. The van der Waals surface area contributed by atoms with Crippen molar-refractivity contribution in [2.45, 2.75) is 19.4 Å². The Morgan fingerprint density at radius 3 is 2.70 bits per heavy atom. The third-order valence-corrected chi connectivity index (χ3v) is 4.58. The Morgan fingerprint density at radius 2 is 1.93 bits per heavy atom. The lowest BCUT2D eigenvalue weighted by Crippen LogP contribution is -2.35. The molecule has 2 N–H and O–H groups in total. The fourth-order valence-corrected chi connectivity index (χ4v) is 3.15. The highest BCUT2D eigenvalue weighted by molar-refractivity contribution is 6.07. The molecule has 0 radical (unpaired) electrons. The lowest BCUT2D eigenvalue weighted by Gasteiger charge is -2.18. The molecule has 0 aliphatic carbocycles. The van der Waals surface area contributed by atoms with Gasteiger partial charge in [-0.3, -0.25) is 4.79 Å². The number of carbonyl (C=O) groups excluding carboxylic acids is 2. The number of hydrogen-bond donors (Lipinski definition) is 2. The van der Waals surface area contributed by atoms with E-state index in [0.717, 1.165) is 29.7 Å². The number of amides is 3. The summed E-state index contributed by atoms with van der Waals surface area (Å²) in [5, 5.41) is 5.64. The summed E-state index contributed by atoms with van der Waals surface area (Å²) < 4.78 is 4.95. The van der Waals surface area contributed by atoms with Crippen LogP contribution in [0.1, 0.15) is 27.9 Å². The number of fused-ring (bicyclic) bond motifs is 1. The molecule has 0 unspecified atom stereocenters. The van der Waals surface area contributed by atoms with Crippen LogP contribution >= 0.6 is 0 Å². The Kier molecular flexibility index (Phi) is 6.44. The largest absolute Gasteiger partial charge is 0.385 e. The van der Waals surface area contributed by atoms with E-state index >= 15 is 0 Å². The molecule has 6 heteroatoms. The summed E-state index contributed by atoms with van der Waals surface area (Å²) >= 11 is 0. The second-order valence-electron chi connectivity index (χ2n) is 6.49. The first-order valence-corrected chi connectivity index (χ1v) is 9.18. The van der Waals surface area contributed by atoms with Crippen LogP contribution in [0.5, 0.6) is 0 Å². The summed E-state index contributed by atoms with van der Waals surface area (Å²) in [5.41, 5.74) is 3.74. The molecule has 1 aliphatic heterocycles. The van der Waals surface area contributed by atoms with E-state index in [2.05, 4.69) is 10.6 Å². The Labute approximate surface area is 159 Å². The smallest absolute Gasteiger partial charge is 0.315 e. The quantitative estimate of drug-likeness (QED) is 0.739. The van der Waals surface area contributed by atoms with Gasteiger partial charge in [-0.05, 0) is 42.2 Å². The first-order valence-electron chi connectivity index (χ1n) is 9.18. The van der Waals surface area contributed by atoms with Crippen molar-refractivity contribution >= 4 is 17.6 Å². The maximum Gasteiger partial charge on any atom is 0.315 e. The zero-order chi connectivity index (χ0) is 19.1. The van der Waals surface area contributed by atoms with E-state index in [1.54, 1.807) is 7.11 Å². The van der Waals surface area contributed by atoms with Gasteiger partial charge in [0.25, 0.3) is 5.91 Å². The summed E-state index contributed by atoms with van der Waals surface area (Å²) in [5.74, 6) is 0.00958. The average molecular weight is 367 g/mol. The van der Waals surface area contributed by atoms with Crippen LogP contribution in [0.3, 0.4) is 0 Å². The molecule has 2 aromatic carbocycles. The fraction of sp³-hybridized carbons (Fsp3) is 0.333. The second-order valence-corrected chi connectivity index (χ2v) is 6.49. The number of nitrogens with one attached hydrogen (secondary N) is 2. The summed E-state index contributed by atoms with van der Waals surface area (Å²) in [6, 6.07) is 15.1. The third kappa shape index (κ3) is 4.86. The molecule has 1 heterocycles. The molecule has 0 spiro atoms. The Bertz CT molecular complexity index is 793. The number of rotatable bonds is 7. The molecule has 0 bridgehead atoms. The van der Waals surface area contributed by atoms with Gasteiger partial charge in [0, 0.05) is 44.6 Å². The fourth-order valence-electron chi connectivity index (χ4n) is 3.15. The van der Waals surface area contributed by atoms with Gasteiger partial charge in [0.15, 0.2) is 0 Å². The molecular formula is C21H25N3O3. The molecule has 6 nitrogen and oxygen atoms in total. The number of anilines is 1. The normalized spacial score (nSPS) is 12.6. The van der Waals surface area contributed by atoms with Crippen molar-refractivity contribution in [1.29, 1.82) is 0 Å². The number of nitrogens with zero attached hydrogens (tertiary/aromatic N) is 1. The van der Waals surface area contributed by atoms with E-state index in [9.17, 15) is 9.59 Å². The van der Waals surface area contributed by atoms with Crippen LogP contribution < -0.4 is 15.5 Å². The molecule has 0 atom stereocenters. The van der Waals surface area contributed by atoms with Gasteiger partial charge < -0.3 is 20.3 Å². The Balaban J connectivity index is 1.61. The van der Waals surface area contributed by atoms with Crippen LogP contribution in [-0.2, 0) is 17.7 Å². The third-order valence-electron chi connectivity index (χ3n) is 4.58. The lowest BCUT2D eigenvalue weighted by molar-refractivity contribution is 0.0989. The first kappa shape index (κ1) is 18.9. The van der Waals surface area contributed by atoms with Gasteiger partial charge in [0.2, 0.25) is 0 Å². The molecule has 3 rings (SSSR count). The highest BCUT2D eigenvalue weighted by Crippen LogP contribution is 2.30. The van der Waals surface area contributed by atoms with E-state index in [-0.39, 0.29) is 11.9 Å².